The third kappa shape index (κ3) is 9.17. The number of alkyl halides is 3. The summed E-state index contributed by atoms with van der Waals surface area (Å²) in [4.78, 5) is 35.3. The Labute approximate surface area is 209 Å². The van der Waals surface area contributed by atoms with Crippen LogP contribution in [0, 0.1) is 0 Å². The third-order valence-electron chi connectivity index (χ3n) is 4.77. The average Bonchev–Trinajstić information content (AvgIpc) is 2.86. The van der Waals surface area contributed by atoms with Gasteiger partial charge in [0.1, 0.15) is 17.2 Å². The second kappa shape index (κ2) is 12.4. The van der Waals surface area contributed by atoms with E-state index >= 15 is 0 Å². The van der Waals surface area contributed by atoms with E-state index in [0.29, 0.717) is 11.3 Å². The molecule has 0 aliphatic heterocycles. The van der Waals surface area contributed by atoms with Crippen LogP contribution in [0.3, 0.4) is 0 Å². The normalized spacial score (nSPS) is 11.2. The number of carbonyl (C=O) groups is 3. The van der Waals surface area contributed by atoms with Gasteiger partial charge in [-0.15, -0.1) is 0 Å². The molecule has 0 spiro atoms. The molecule has 0 saturated heterocycles. The van der Waals surface area contributed by atoms with Gasteiger partial charge in [0.15, 0.2) is 0 Å². The fraction of sp³-hybridized carbons (Fsp3) is 0.148. The Hall–Kier alpha value is -4.60. The number of carbonyl (C=O) groups excluding carboxylic acids is 2. The highest BCUT2D eigenvalue weighted by atomic mass is 19.4. The molecule has 0 aliphatic carbocycles. The molecule has 3 aromatic rings. The minimum atomic E-state index is -4.23. The van der Waals surface area contributed by atoms with Crippen LogP contribution in [0.15, 0.2) is 78.9 Å². The number of carboxylic acid groups (broad SMARTS) is 1. The highest BCUT2D eigenvalue weighted by Crippen LogP contribution is 2.22. The molecule has 10 heteroatoms. The predicted octanol–water partition coefficient (Wildman–Crippen LogP) is 5.94. The summed E-state index contributed by atoms with van der Waals surface area (Å²) in [5.74, 6) is -1.61. The molecule has 192 valence electrons. The third-order valence-corrected chi connectivity index (χ3v) is 4.77. The van der Waals surface area contributed by atoms with Gasteiger partial charge in [-0.05, 0) is 78.7 Å². The molecule has 7 nitrogen and oxygen atoms in total. The smallest absolute Gasteiger partial charge is 0.389 e. The number of carboxylic acids is 1. The molecule has 0 atom stereocenters. The molecule has 0 heterocycles. The maximum Gasteiger partial charge on any atom is 0.389 e. The van der Waals surface area contributed by atoms with Crippen molar-refractivity contribution in [2.45, 2.75) is 19.0 Å². The van der Waals surface area contributed by atoms with E-state index in [4.69, 9.17) is 19.3 Å². The number of esters is 2. The van der Waals surface area contributed by atoms with Crippen LogP contribution in [0.4, 0.5) is 13.2 Å². The molecule has 0 unspecified atom stereocenters. The number of hydrogen-bond donors (Lipinski definition) is 1. The summed E-state index contributed by atoms with van der Waals surface area (Å²) in [6, 6.07) is 17.7. The SMILES string of the molecule is O=C(O)/C=C/c1ccc(OC(=O)c2ccc(OC(=O)c3ccc(OCCCC(F)(F)F)cc3)cc2)cc1. The molecule has 0 saturated carbocycles. The molecule has 37 heavy (non-hydrogen) atoms. The summed E-state index contributed by atoms with van der Waals surface area (Å²) in [7, 11) is 0. The Bertz CT molecular complexity index is 1250. The lowest BCUT2D eigenvalue weighted by molar-refractivity contribution is -0.136. The van der Waals surface area contributed by atoms with E-state index in [1.807, 2.05) is 0 Å². The monoisotopic (exact) mass is 514 g/mol. The quantitative estimate of drug-likeness (QED) is 0.155. The van der Waals surface area contributed by atoms with Crippen molar-refractivity contribution in [3.63, 3.8) is 0 Å². The van der Waals surface area contributed by atoms with Crippen molar-refractivity contribution >= 4 is 24.0 Å². The highest BCUT2D eigenvalue weighted by Gasteiger charge is 2.26. The fourth-order valence-corrected chi connectivity index (χ4v) is 2.96. The van der Waals surface area contributed by atoms with Gasteiger partial charge < -0.3 is 19.3 Å². The first kappa shape index (κ1) is 27.0. The van der Waals surface area contributed by atoms with Crippen LogP contribution >= 0.6 is 0 Å². The maximum atomic E-state index is 12.4. The van der Waals surface area contributed by atoms with E-state index in [0.717, 1.165) is 6.08 Å². The van der Waals surface area contributed by atoms with Gasteiger partial charge in [-0.3, -0.25) is 0 Å². The van der Waals surface area contributed by atoms with Gasteiger partial charge in [-0.2, -0.15) is 13.2 Å². The lowest BCUT2D eigenvalue weighted by Gasteiger charge is -2.09. The van der Waals surface area contributed by atoms with E-state index in [2.05, 4.69) is 0 Å². The van der Waals surface area contributed by atoms with Gasteiger partial charge in [0.2, 0.25) is 0 Å². The topological polar surface area (TPSA) is 99.1 Å². The van der Waals surface area contributed by atoms with E-state index in [1.165, 1.54) is 66.7 Å². The molecular weight excluding hydrogens is 493 g/mol. The number of rotatable bonds is 10. The van der Waals surface area contributed by atoms with Crippen molar-refractivity contribution in [2.75, 3.05) is 6.61 Å². The molecule has 3 aromatic carbocycles. The first-order chi connectivity index (χ1) is 17.6. The van der Waals surface area contributed by atoms with E-state index in [-0.39, 0.29) is 35.7 Å². The van der Waals surface area contributed by atoms with Gasteiger partial charge in [0.25, 0.3) is 0 Å². The molecule has 0 aromatic heterocycles. The minimum absolute atomic E-state index is 0.104. The highest BCUT2D eigenvalue weighted by molar-refractivity contribution is 5.92. The van der Waals surface area contributed by atoms with Crippen molar-refractivity contribution in [2.24, 2.45) is 0 Å². The second-order valence-corrected chi connectivity index (χ2v) is 7.64. The van der Waals surface area contributed by atoms with Crippen LogP contribution in [-0.2, 0) is 4.79 Å². The van der Waals surface area contributed by atoms with Gasteiger partial charge >= 0.3 is 24.1 Å². The van der Waals surface area contributed by atoms with Crippen LogP contribution in [0.2, 0.25) is 0 Å². The molecule has 0 amide bonds. The van der Waals surface area contributed by atoms with Crippen LogP contribution in [0.5, 0.6) is 17.2 Å². The molecule has 0 bridgehead atoms. The molecule has 3 rings (SSSR count). The van der Waals surface area contributed by atoms with E-state index in [9.17, 15) is 27.6 Å². The second-order valence-electron chi connectivity index (χ2n) is 7.64. The zero-order valence-electron chi connectivity index (χ0n) is 19.2. The summed E-state index contributed by atoms with van der Waals surface area (Å²) in [5, 5.41) is 8.65. The summed E-state index contributed by atoms with van der Waals surface area (Å²) in [6.07, 6.45) is -2.94. The van der Waals surface area contributed by atoms with Crippen molar-refractivity contribution in [1.29, 1.82) is 0 Å². The molecule has 0 aliphatic rings. The first-order valence-corrected chi connectivity index (χ1v) is 10.9. The number of aliphatic carboxylic acids is 1. The van der Waals surface area contributed by atoms with Gasteiger partial charge in [0.05, 0.1) is 17.7 Å². The molecule has 0 radical (unpaired) electrons. The largest absolute Gasteiger partial charge is 0.494 e. The van der Waals surface area contributed by atoms with Crippen LogP contribution in [-0.4, -0.2) is 35.8 Å². The summed E-state index contributed by atoms with van der Waals surface area (Å²) < 4.78 is 52.3. The number of halogens is 3. The van der Waals surface area contributed by atoms with Crippen molar-refractivity contribution in [1.82, 2.24) is 0 Å². The standard InChI is InChI=1S/C27H21F3O7/c28-27(29,30)16-1-17-35-21-11-5-19(6-12-21)25(33)37-23-13-7-20(8-14-23)26(34)36-22-9-2-18(3-10-22)4-15-24(31)32/h2-15H,1,16-17H2,(H,31,32)/b15-4+. The van der Waals surface area contributed by atoms with E-state index in [1.54, 1.807) is 12.1 Å². The first-order valence-electron chi connectivity index (χ1n) is 10.9. The Morgan fingerprint density at radius 2 is 1.19 bits per heavy atom. The lowest BCUT2D eigenvalue weighted by Crippen LogP contribution is -2.11. The molecule has 0 fully saturated rings. The summed E-state index contributed by atoms with van der Waals surface area (Å²) in [5.41, 5.74) is 1.03. The average molecular weight is 514 g/mol. The predicted molar refractivity (Wildman–Crippen MR) is 127 cm³/mol. The Morgan fingerprint density at radius 3 is 1.65 bits per heavy atom. The molecule has 1 N–H and O–H groups in total. The van der Waals surface area contributed by atoms with Gasteiger partial charge in [0, 0.05) is 12.5 Å². The Kier molecular flexibility index (Phi) is 9.04. The van der Waals surface area contributed by atoms with Crippen LogP contribution in [0.1, 0.15) is 39.1 Å². The number of hydrogen-bond acceptors (Lipinski definition) is 6. The number of benzene rings is 3. The van der Waals surface area contributed by atoms with Crippen LogP contribution < -0.4 is 14.2 Å². The molecular formula is C27H21F3O7. The van der Waals surface area contributed by atoms with Crippen LogP contribution in [0.25, 0.3) is 6.08 Å². The maximum absolute atomic E-state index is 12.4. The van der Waals surface area contributed by atoms with Gasteiger partial charge in [-0.25, -0.2) is 14.4 Å². The summed E-state index contributed by atoms with van der Waals surface area (Å²) in [6.45, 7) is -0.104. The lowest BCUT2D eigenvalue weighted by atomic mass is 10.2. The zero-order valence-corrected chi connectivity index (χ0v) is 19.2. The Morgan fingerprint density at radius 1 is 0.730 bits per heavy atom. The Balaban J connectivity index is 1.50. The minimum Gasteiger partial charge on any atom is -0.494 e. The fourth-order valence-electron chi connectivity index (χ4n) is 2.96. The summed E-state index contributed by atoms with van der Waals surface area (Å²) >= 11 is 0. The van der Waals surface area contributed by atoms with Crippen molar-refractivity contribution in [3.8, 4) is 17.2 Å². The van der Waals surface area contributed by atoms with Gasteiger partial charge in [-0.1, -0.05) is 12.1 Å². The number of ether oxygens (including phenoxy) is 3. The van der Waals surface area contributed by atoms with Crippen molar-refractivity contribution in [3.05, 3.63) is 95.6 Å². The zero-order chi connectivity index (χ0) is 26.8. The van der Waals surface area contributed by atoms with Crippen molar-refractivity contribution < 1.29 is 46.9 Å². The van der Waals surface area contributed by atoms with E-state index < -0.39 is 30.5 Å².